The normalized spacial score (nSPS) is 11.2. The zero-order valence-corrected chi connectivity index (χ0v) is 11.1. The van der Waals surface area contributed by atoms with Crippen molar-refractivity contribution in [2.45, 2.75) is 19.8 Å². The van der Waals surface area contributed by atoms with Gasteiger partial charge in [0.15, 0.2) is 5.75 Å². The Kier molecular flexibility index (Phi) is 4.30. The molecule has 1 aromatic carbocycles. The second kappa shape index (κ2) is 6.14. The highest BCUT2D eigenvalue weighted by molar-refractivity contribution is 5.86. The maximum Gasteiger partial charge on any atom is 0.383 e. The van der Waals surface area contributed by atoms with Crippen molar-refractivity contribution in [2.75, 3.05) is 6.61 Å². The average Bonchev–Trinajstić information content (AvgIpc) is 2.41. The van der Waals surface area contributed by atoms with E-state index in [4.69, 9.17) is 9.15 Å². The molecule has 1 heterocycles. The number of ether oxygens (including phenoxy) is 1. The molecule has 0 unspecified atom stereocenters. The molecular formula is C15H16O5. The molecule has 2 aromatic rings. The summed E-state index contributed by atoms with van der Waals surface area (Å²) in [5.41, 5.74) is -0.661. The summed E-state index contributed by atoms with van der Waals surface area (Å²) in [5.74, 6) is -0.541. The highest BCUT2D eigenvalue weighted by atomic mass is 16.5. The summed E-state index contributed by atoms with van der Waals surface area (Å²) < 4.78 is 10.3. The van der Waals surface area contributed by atoms with Crippen molar-refractivity contribution in [3.05, 3.63) is 40.8 Å². The van der Waals surface area contributed by atoms with Crippen LogP contribution in [0.1, 0.15) is 19.8 Å². The van der Waals surface area contributed by atoms with Gasteiger partial charge in [-0.3, -0.25) is 0 Å². The lowest BCUT2D eigenvalue weighted by atomic mass is 10.2. The molecule has 0 saturated heterocycles. The van der Waals surface area contributed by atoms with Gasteiger partial charge in [0.1, 0.15) is 17.9 Å². The maximum atomic E-state index is 11.7. The van der Waals surface area contributed by atoms with E-state index in [9.17, 15) is 15.0 Å². The van der Waals surface area contributed by atoms with Crippen molar-refractivity contribution in [3.63, 3.8) is 0 Å². The molecule has 0 atom stereocenters. The molecule has 0 amide bonds. The van der Waals surface area contributed by atoms with E-state index in [1.165, 1.54) is 18.2 Å². The smallest absolute Gasteiger partial charge is 0.383 e. The first-order chi connectivity index (χ1) is 9.63. The largest absolute Gasteiger partial charge is 0.508 e. The Balaban J connectivity index is 2.30. The summed E-state index contributed by atoms with van der Waals surface area (Å²) in [7, 11) is 0. The van der Waals surface area contributed by atoms with Gasteiger partial charge < -0.3 is 19.4 Å². The Hall–Kier alpha value is -2.43. The number of phenolic OH excluding ortho intramolecular Hbond substituents is 1. The lowest BCUT2D eigenvalue weighted by Crippen LogP contribution is -2.07. The number of hydrogen-bond acceptors (Lipinski definition) is 5. The minimum absolute atomic E-state index is 0.0452. The molecule has 0 saturated carbocycles. The molecule has 0 radical (unpaired) electrons. The Labute approximate surface area is 115 Å². The number of unbranched alkanes of at least 4 members (excludes halogenated alkanes) is 1. The Morgan fingerprint density at radius 3 is 2.85 bits per heavy atom. The summed E-state index contributed by atoms with van der Waals surface area (Å²) in [4.78, 5) is 11.7. The average molecular weight is 276 g/mol. The summed E-state index contributed by atoms with van der Waals surface area (Å²) in [6, 6.07) is 4.12. The van der Waals surface area contributed by atoms with Crippen LogP contribution in [-0.2, 0) is 0 Å². The van der Waals surface area contributed by atoms with Crippen molar-refractivity contribution in [1.82, 2.24) is 0 Å². The van der Waals surface area contributed by atoms with E-state index in [-0.39, 0.29) is 29.4 Å². The van der Waals surface area contributed by atoms with Crippen LogP contribution < -0.4 is 10.4 Å². The zero-order chi connectivity index (χ0) is 14.5. The number of aromatic hydroxyl groups is 2. The van der Waals surface area contributed by atoms with Crippen LogP contribution in [0.4, 0.5) is 0 Å². The van der Waals surface area contributed by atoms with Gasteiger partial charge in [-0.2, -0.15) is 0 Å². The van der Waals surface area contributed by atoms with Gasteiger partial charge in [0.2, 0.25) is 5.75 Å². The highest BCUT2D eigenvalue weighted by Crippen LogP contribution is 2.32. The van der Waals surface area contributed by atoms with Crippen molar-refractivity contribution >= 4 is 11.0 Å². The molecule has 5 heteroatoms. The van der Waals surface area contributed by atoms with E-state index in [2.05, 4.69) is 6.92 Å². The number of allylic oxidation sites excluding steroid dienone is 1. The third kappa shape index (κ3) is 2.93. The molecule has 2 rings (SSSR count). The Morgan fingerprint density at radius 2 is 2.10 bits per heavy atom. The van der Waals surface area contributed by atoms with E-state index in [0.29, 0.717) is 5.39 Å². The summed E-state index contributed by atoms with van der Waals surface area (Å²) >= 11 is 0. The van der Waals surface area contributed by atoms with E-state index in [0.717, 1.165) is 12.8 Å². The van der Waals surface area contributed by atoms with Crippen LogP contribution in [0.15, 0.2) is 39.6 Å². The first kappa shape index (κ1) is 14.0. The topological polar surface area (TPSA) is 79.9 Å². The molecule has 0 aliphatic rings. The third-order valence-electron chi connectivity index (χ3n) is 2.77. The zero-order valence-electron chi connectivity index (χ0n) is 11.1. The van der Waals surface area contributed by atoms with Crippen LogP contribution in [-0.4, -0.2) is 16.8 Å². The van der Waals surface area contributed by atoms with Crippen molar-refractivity contribution in [1.29, 1.82) is 0 Å². The van der Waals surface area contributed by atoms with Gasteiger partial charge >= 0.3 is 5.63 Å². The number of phenols is 1. The summed E-state index contributed by atoms with van der Waals surface area (Å²) in [5, 5.41) is 19.7. The second-order valence-corrected chi connectivity index (χ2v) is 4.32. The third-order valence-corrected chi connectivity index (χ3v) is 2.77. The first-order valence-corrected chi connectivity index (χ1v) is 6.40. The van der Waals surface area contributed by atoms with E-state index in [1.54, 1.807) is 6.08 Å². The van der Waals surface area contributed by atoms with Gasteiger partial charge in [0, 0.05) is 6.07 Å². The van der Waals surface area contributed by atoms with Crippen LogP contribution in [0.3, 0.4) is 0 Å². The van der Waals surface area contributed by atoms with Crippen LogP contribution in [0.5, 0.6) is 17.2 Å². The summed E-state index contributed by atoms with van der Waals surface area (Å²) in [6.07, 6.45) is 5.69. The lowest BCUT2D eigenvalue weighted by molar-refractivity contribution is 0.317. The SMILES string of the molecule is CCCC=CCOc1c(O)c2ccc(O)cc2oc1=O. The van der Waals surface area contributed by atoms with E-state index < -0.39 is 5.63 Å². The molecule has 0 fully saturated rings. The molecule has 1 aromatic heterocycles. The van der Waals surface area contributed by atoms with Crippen LogP contribution in [0, 0.1) is 0 Å². The highest BCUT2D eigenvalue weighted by Gasteiger charge is 2.15. The van der Waals surface area contributed by atoms with Gasteiger partial charge in [-0.25, -0.2) is 4.79 Å². The molecular weight excluding hydrogens is 260 g/mol. The molecule has 106 valence electrons. The number of hydrogen-bond donors (Lipinski definition) is 2. The molecule has 0 aliphatic heterocycles. The monoisotopic (exact) mass is 276 g/mol. The van der Waals surface area contributed by atoms with Crippen molar-refractivity contribution in [3.8, 4) is 17.2 Å². The summed E-state index contributed by atoms with van der Waals surface area (Å²) in [6.45, 7) is 2.24. The minimum atomic E-state index is -0.774. The molecule has 20 heavy (non-hydrogen) atoms. The van der Waals surface area contributed by atoms with Crippen LogP contribution in [0.2, 0.25) is 0 Å². The van der Waals surface area contributed by atoms with E-state index >= 15 is 0 Å². The molecule has 5 nitrogen and oxygen atoms in total. The fourth-order valence-corrected chi connectivity index (χ4v) is 1.77. The van der Waals surface area contributed by atoms with Gasteiger partial charge in [-0.15, -0.1) is 0 Å². The predicted octanol–water partition coefficient (Wildman–Crippen LogP) is 2.94. The fourth-order valence-electron chi connectivity index (χ4n) is 1.77. The van der Waals surface area contributed by atoms with Gasteiger partial charge in [-0.05, 0) is 18.6 Å². The number of rotatable bonds is 5. The molecule has 2 N–H and O–H groups in total. The van der Waals surface area contributed by atoms with Gasteiger partial charge in [0.25, 0.3) is 0 Å². The lowest BCUT2D eigenvalue weighted by Gasteiger charge is -2.06. The van der Waals surface area contributed by atoms with Gasteiger partial charge in [-0.1, -0.05) is 25.5 Å². The van der Waals surface area contributed by atoms with E-state index in [1.807, 2.05) is 6.08 Å². The quantitative estimate of drug-likeness (QED) is 0.648. The predicted molar refractivity (Wildman–Crippen MR) is 75.4 cm³/mol. The Bertz CT molecular complexity index is 684. The van der Waals surface area contributed by atoms with Crippen molar-refractivity contribution in [2.24, 2.45) is 0 Å². The molecule has 0 bridgehead atoms. The van der Waals surface area contributed by atoms with Crippen LogP contribution in [0.25, 0.3) is 11.0 Å². The maximum absolute atomic E-state index is 11.7. The minimum Gasteiger partial charge on any atom is -0.508 e. The number of fused-ring (bicyclic) bond motifs is 1. The Morgan fingerprint density at radius 1 is 1.30 bits per heavy atom. The van der Waals surface area contributed by atoms with Crippen molar-refractivity contribution < 1.29 is 19.4 Å². The second-order valence-electron chi connectivity index (χ2n) is 4.32. The molecule has 0 aliphatic carbocycles. The standard InChI is InChI=1S/C15H16O5/c1-2-3-4-5-8-19-14-13(17)11-7-6-10(16)9-12(11)20-15(14)18/h4-7,9,16-17H,2-3,8H2,1H3. The van der Waals surface area contributed by atoms with Gasteiger partial charge in [0.05, 0.1) is 5.39 Å². The fraction of sp³-hybridized carbons (Fsp3) is 0.267. The first-order valence-electron chi connectivity index (χ1n) is 6.40. The molecule has 0 spiro atoms. The number of benzene rings is 1. The van der Waals surface area contributed by atoms with Crippen LogP contribution >= 0.6 is 0 Å².